The van der Waals surface area contributed by atoms with Crippen LogP contribution in [0.5, 0.6) is 5.75 Å². The first-order valence-corrected chi connectivity index (χ1v) is 8.04. The van der Waals surface area contributed by atoms with Crippen molar-refractivity contribution < 1.29 is 34.3 Å². The predicted molar refractivity (Wildman–Crippen MR) is 87.7 cm³/mol. The van der Waals surface area contributed by atoms with E-state index in [1.54, 1.807) is 31.2 Å². The van der Waals surface area contributed by atoms with Crippen LogP contribution in [0.4, 0.5) is 5.69 Å². The van der Waals surface area contributed by atoms with Gasteiger partial charge in [0.05, 0.1) is 19.8 Å². The zero-order valence-corrected chi connectivity index (χ0v) is 14.1. The third-order valence-corrected chi connectivity index (χ3v) is 3.72. The molecule has 0 unspecified atom stereocenters. The van der Waals surface area contributed by atoms with Crippen molar-refractivity contribution in [2.45, 2.75) is 37.9 Å². The van der Waals surface area contributed by atoms with Crippen LogP contribution in [0.3, 0.4) is 0 Å². The molecule has 25 heavy (non-hydrogen) atoms. The molecule has 0 spiro atoms. The van der Waals surface area contributed by atoms with Gasteiger partial charge >= 0.3 is 5.97 Å². The highest BCUT2D eigenvalue weighted by Crippen LogP contribution is 2.26. The number of aliphatic hydroxyl groups excluding tert-OH is 2. The van der Waals surface area contributed by atoms with Gasteiger partial charge in [0.2, 0.25) is 0 Å². The Balaban J connectivity index is 1.94. The third kappa shape index (κ3) is 4.59. The van der Waals surface area contributed by atoms with E-state index < -0.39 is 30.0 Å². The molecule has 1 aromatic carbocycles. The summed E-state index contributed by atoms with van der Waals surface area (Å²) < 4.78 is 15.2. The summed E-state index contributed by atoms with van der Waals surface area (Å²) in [6, 6.07) is 6.92. The number of ether oxygens (including phenoxy) is 3. The first-order valence-electron chi connectivity index (χ1n) is 8.04. The van der Waals surface area contributed by atoms with Crippen LogP contribution in [-0.4, -0.2) is 65.1 Å². The summed E-state index contributed by atoms with van der Waals surface area (Å²) in [4.78, 5) is 11.6. The number of hydrogen-bond donors (Lipinski definition) is 5. The van der Waals surface area contributed by atoms with E-state index in [0.29, 0.717) is 18.0 Å². The van der Waals surface area contributed by atoms with Crippen molar-refractivity contribution in [3.63, 3.8) is 0 Å². The fourth-order valence-corrected chi connectivity index (χ4v) is 2.39. The largest absolute Gasteiger partial charge is 0.494 e. The van der Waals surface area contributed by atoms with Crippen LogP contribution in [0.15, 0.2) is 24.3 Å². The fraction of sp³-hybridized carbons (Fsp3) is 0.562. The lowest BCUT2D eigenvalue weighted by Crippen LogP contribution is -2.59. The van der Waals surface area contributed by atoms with Gasteiger partial charge in [-0.1, -0.05) is 0 Å². The van der Waals surface area contributed by atoms with Crippen molar-refractivity contribution in [2.75, 3.05) is 25.2 Å². The molecule has 4 atom stereocenters. The lowest BCUT2D eigenvalue weighted by Gasteiger charge is -2.29. The summed E-state index contributed by atoms with van der Waals surface area (Å²) >= 11 is 0. The highest BCUT2D eigenvalue weighted by molar-refractivity contribution is 5.75. The van der Waals surface area contributed by atoms with Gasteiger partial charge in [-0.25, -0.2) is 10.2 Å². The average Bonchev–Trinajstić information content (AvgIpc) is 2.90. The van der Waals surface area contributed by atoms with Crippen LogP contribution in [0.1, 0.15) is 13.8 Å². The highest BCUT2D eigenvalue weighted by Gasteiger charge is 2.52. The van der Waals surface area contributed by atoms with E-state index in [1.165, 1.54) is 0 Å². The summed E-state index contributed by atoms with van der Waals surface area (Å²) in [5.74, 6) is -0.219. The van der Waals surface area contributed by atoms with Crippen molar-refractivity contribution in [1.82, 2.24) is 5.43 Å². The van der Waals surface area contributed by atoms with Crippen molar-refractivity contribution in [2.24, 2.45) is 0 Å². The Morgan fingerprint density at radius 3 is 2.64 bits per heavy atom. The zero-order chi connectivity index (χ0) is 18.4. The van der Waals surface area contributed by atoms with Gasteiger partial charge < -0.3 is 35.0 Å². The number of hydrazine groups is 1. The number of carbonyl (C=O) groups excluding carboxylic acids is 1. The van der Waals surface area contributed by atoms with Gasteiger partial charge in [0.25, 0.3) is 0 Å². The number of anilines is 1. The van der Waals surface area contributed by atoms with Crippen LogP contribution >= 0.6 is 0 Å². The fourth-order valence-electron chi connectivity index (χ4n) is 2.39. The maximum Gasteiger partial charge on any atom is 0.337 e. The van der Waals surface area contributed by atoms with Gasteiger partial charge in [0.1, 0.15) is 18.0 Å². The predicted octanol–water partition coefficient (Wildman–Crippen LogP) is -0.626. The summed E-state index contributed by atoms with van der Waals surface area (Å²) in [6.07, 6.45) is -4.56. The molecular weight excluding hydrogens is 332 g/mol. The molecule has 9 heteroatoms. The molecule has 0 bridgehead atoms. The second-order valence-electron chi connectivity index (χ2n) is 5.55. The Morgan fingerprint density at radius 1 is 1.36 bits per heavy atom. The molecule has 140 valence electrons. The number of esters is 1. The minimum Gasteiger partial charge on any atom is -0.494 e. The maximum absolute atomic E-state index is 11.6. The monoisotopic (exact) mass is 356 g/mol. The smallest absolute Gasteiger partial charge is 0.337 e. The molecule has 9 nitrogen and oxygen atoms in total. The molecule has 1 heterocycles. The molecule has 1 aliphatic heterocycles. The van der Waals surface area contributed by atoms with Gasteiger partial charge in [-0.15, -0.1) is 0 Å². The quantitative estimate of drug-likeness (QED) is 0.235. The topological polar surface area (TPSA) is 130 Å². The van der Waals surface area contributed by atoms with E-state index in [9.17, 15) is 20.1 Å². The zero-order valence-electron chi connectivity index (χ0n) is 14.1. The summed E-state index contributed by atoms with van der Waals surface area (Å²) in [7, 11) is 0. The first-order chi connectivity index (χ1) is 11.9. The van der Waals surface area contributed by atoms with E-state index in [4.69, 9.17) is 9.47 Å². The molecule has 2 rings (SSSR count). The minimum atomic E-state index is -1.89. The average molecular weight is 356 g/mol. The number of hydrogen-bond acceptors (Lipinski definition) is 9. The van der Waals surface area contributed by atoms with Crippen LogP contribution in [0.25, 0.3) is 0 Å². The lowest BCUT2D eigenvalue weighted by atomic mass is 10.0. The van der Waals surface area contributed by atoms with Crippen LogP contribution < -0.4 is 15.6 Å². The second-order valence-corrected chi connectivity index (χ2v) is 5.55. The number of rotatable bonds is 8. The molecule has 0 radical (unpaired) electrons. The van der Waals surface area contributed by atoms with Crippen LogP contribution in [0, 0.1) is 0 Å². The Morgan fingerprint density at radius 2 is 2.04 bits per heavy atom. The maximum atomic E-state index is 11.6. The van der Waals surface area contributed by atoms with Crippen molar-refractivity contribution in [3.05, 3.63) is 24.3 Å². The van der Waals surface area contributed by atoms with Gasteiger partial charge in [0.15, 0.2) is 11.8 Å². The second kappa shape index (κ2) is 8.45. The Labute approximate surface area is 145 Å². The van der Waals surface area contributed by atoms with E-state index in [0.717, 1.165) is 0 Å². The van der Waals surface area contributed by atoms with Crippen LogP contribution in [-0.2, 0) is 14.3 Å². The molecule has 1 saturated heterocycles. The SMILES string of the molecule is CCOC(=O)[C@@H](O)[C@H]1OC[C@@](O)(NNc2ccc(OCC)cc2)[C@H]1O. The Hall–Kier alpha value is -1.91. The minimum absolute atomic E-state index is 0.0839. The molecular formula is C16H24N2O7. The normalized spacial score (nSPS) is 26.9. The van der Waals surface area contributed by atoms with Crippen molar-refractivity contribution in [3.8, 4) is 5.75 Å². The van der Waals surface area contributed by atoms with Gasteiger partial charge in [-0.05, 0) is 38.1 Å². The van der Waals surface area contributed by atoms with Gasteiger partial charge in [-0.3, -0.25) is 0 Å². The molecule has 0 amide bonds. The first kappa shape index (κ1) is 19.4. The molecule has 1 aromatic rings. The highest BCUT2D eigenvalue weighted by atomic mass is 16.6. The summed E-state index contributed by atoms with van der Waals surface area (Å²) in [5, 5.41) is 30.6. The van der Waals surface area contributed by atoms with E-state index in [2.05, 4.69) is 15.6 Å². The van der Waals surface area contributed by atoms with Gasteiger partial charge in [0, 0.05) is 5.69 Å². The molecule has 0 saturated carbocycles. The number of nitrogens with one attached hydrogen (secondary N) is 2. The molecule has 0 aliphatic carbocycles. The van der Waals surface area contributed by atoms with Crippen molar-refractivity contribution in [1.29, 1.82) is 0 Å². The van der Waals surface area contributed by atoms with Crippen molar-refractivity contribution >= 4 is 11.7 Å². The van der Waals surface area contributed by atoms with E-state index >= 15 is 0 Å². The number of benzene rings is 1. The number of carbonyl (C=O) groups is 1. The van der Waals surface area contributed by atoms with E-state index in [1.807, 2.05) is 6.92 Å². The Bertz CT molecular complexity index is 568. The lowest BCUT2D eigenvalue weighted by molar-refractivity contribution is -0.164. The summed E-state index contributed by atoms with van der Waals surface area (Å²) in [6.45, 7) is 3.78. The van der Waals surface area contributed by atoms with E-state index in [-0.39, 0.29) is 13.2 Å². The molecule has 5 N–H and O–H groups in total. The molecule has 0 aromatic heterocycles. The van der Waals surface area contributed by atoms with Gasteiger partial charge in [-0.2, -0.15) is 0 Å². The Kier molecular flexibility index (Phi) is 6.57. The molecule has 1 fully saturated rings. The molecule has 1 aliphatic rings. The summed E-state index contributed by atoms with van der Waals surface area (Å²) in [5.41, 5.74) is 4.02. The van der Waals surface area contributed by atoms with Crippen LogP contribution in [0.2, 0.25) is 0 Å². The third-order valence-electron chi connectivity index (χ3n) is 3.72. The standard InChI is InChI=1S/C16H24N2O7/c1-3-23-11-7-5-10(6-8-11)17-18-16(22)9-25-13(14(16)20)12(19)15(21)24-4-2/h5-8,12-14,17-20,22H,3-4,9H2,1-2H3/t12-,13+,14-,16-/m0/s1. The number of aliphatic hydroxyl groups is 3.